The lowest BCUT2D eigenvalue weighted by atomic mass is 10.2. The van der Waals surface area contributed by atoms with E-state index in [-0.39, 0.29) is 5.56 Å². The zero-order chi connectivity index (χ0) is 8.97. The summed E-state index contributed by atoms with van der Waals surface area (Å²) in [6.45, 7) is 0. The molecule has 0 saturated heterocycles. The summed E-state index contributed by atoms with van der Waals surface area (Å²) in [7, 11) is 0. The lowest BCUT2D eigenvalue weighted by Crippen LogP contribution is -1.98. The second-order valence-electron chi connectivity index (χ2n) is 2.32. The van der Waals surface area contributed by atoms with E-state index in [0.717, 1.165) is 17.9 Å². The Bertz CT molecular complexity index is 271. The molecule has 0 fully saturated rings. The van der Waals surface area contributed by atoms with Gasteiger partial charge in [0.05, 0.1) is 5.56 Å². The Kier molecular flexibility index (Phi) is 3.10. The van der Waals surface area contributed by atoms with Gasteiger partial charge in [-0.05, 0) is 24.3 Å². The predicted molar refractivity (Wildman–Crippen MR) is 48.8 cm³/mol. The summed E-state index contributed by atoms with van der Waals surface area (Å²) in [4.78, 5) is 14.4. The third-order valence-electron chi connectivity index (χ3n) is 1.44. The van der Waals surface area contributed by atoms with E-state index in [0.29, 0.717) is 0 Å². The molecule has 4 heteroatoms. The normalized spacial score (nSPS) is 9.75. The number of aryl methyl sites for hydroxylation is 1. The molecule has 1 heterocycles. The van der Waals surface area contributed by atoms with Crippen molar-refractivity contribution in [3.63, 3.8) is 0 Å². The molecule has 0 aromatic carbocycles. The number of hydrogen-bond donors (Lipinski definition) is 2. The highest BCUT2D eigenvalue weighted by Gasteiger charge is 2.01. The van der Waals surface area contributed by atoms with E-state index in [4.69, 9.17) is 5.11 Å². The van der Waals surface area contributed by atoms with Crippen LogP contribution < -0.4 is 0 Å². The number of pyridine rings is 1. The molecule has 0 atom stereocenters. The predicted octanol–water partition coefficient (Wildman–Crippen LogP) is 1.25. The molecule has 1 aromatic rings. The van der Waals surface area contributed by atoms with Crippen LogP contribution in [-0.2, 0) is 6.42 Å². The molecule has 64 valence electrons. The number of aromatic nitrogens is 1. The lowest BCUT2D eigenvalue weighted by Gasteiger charge is -1.97. The van der Waals surface area contributed by atoms with Crippen molar-refractivity contribution in [3.05, 3.63) is 29.6 Å². The molecule has 12 heavy (non-hydrogen) atoms. The molecule has 0 aliphatic rings. The van der Waals surface area contributed by atoms with E-state index in [1.165, 1.54) is 6.20 Å². The van der Waals surface area contributed by atoms with Gasteiger partial charge in [-0.1, -0.05) is 0 Å². The maximum atomic E-state index is 10.4. The van der Waals surface area contributed by atoms with Crippen molar-refractivity contribution >= 4 is 18.6 Å². The average molecular weight is 183 g/mol. The van der Waals surface area contributed by atoms with E-state index in [2.05, 4.69) is 17.6 Å². The Hall–Kier alpha value is -1.03. The van der Waals surface area contributed by atoms with Gasteiger partial charge in [-0.2, -0.15) is 12.6 Å². The Balaban J connectivity index is 2.78. The van der Waals surface area contributed by atoms with Crippen molar-refractivity contribution in [2.75, 3.05) is 5.75 Å². The smallest absolute Gasteiger partial charge is 0.337 e. The van der Waals surface area contributed by atoms with Crippen LogP contribution in [0.1, 0.15) is 16.1 Å². The van der Waals surface area contributed by atoms with E-state index in [1.54, 1.807) is 12.1 Å². The number of thiol groups is 1. The Morgan fingerprint density at radius 1 is 1.58 bits per heavy atom. The highest BCUT2D eigenvalue weighted by molar-refractivity contribution is 7.80. The summed E-state index contributed by atoms with van der Waals surface area (Å²) in [6, 6.07) is 3.26. The third kappa shape index (κ3) is 2.23. The minimum Gasteiger partial charge on any atom is -0.478 e. The van der Waals surface area contributed by atoms with E-state index in [1.807, 2.05) is 0 Å². The molecule has 0 unspecified atom stereocenters. The summed E-state index contributed by atoms with van der Waals surface area (Å²) in [5.74, 6) is -0.223. The SMILES string of the molecule is O=C(O)c1ccc(CCS)nc1. The van der Waals surface area contributed by atoms with Gasteiger partial charge in [0.1, 0.15) is 0 Å². The molecular weight excluding hydrogens is 174 g/mol. The first-order chi connectivity index (χ1) is 5.74. The molecule has 0 spiro atoms. The Morgan fingerprint density at radius 2 is 2.33 bits per heavy atom. The van der Waals surface area contributed by atoms with Crippen LogP contribution in [0.5, 0.6) is 0 Å². The summed E-state index contributed by atoms with van der Waals surface area (Å²) in [5, 5.41) is 8.55. The number of carboxylic acid groups (broad SMARTS) is 1. The number of nitrogens with zero attached hydrogens (tertiary/aromatic N) is 1. The van der Waals surface area contributed by atoms with Gasteiger partial charge in [-0.15, -0.1) is 0 Å². The monoisotopic (exact) mass is 183 g/mol. The highest BCUT2D eigenvalue weighted by atomic mass is 32.1. The van der Waals surface area contributed by atoms with Crippen molar-refractivity contribution < 1.29 is 9.90 Å². The fourth-order valence-electron chi connectivity index (χ4n) is 0.813. The van der Waals surface area contributed by atoms with Crippen LogP contribution in [-0.4, -0.2) is 21.8 Å². The highest BCUT2D eigenvalue weighted by Crippen LogP contribution is 2.01. The van der Waals surface area contributed by atoms with E-state index in [9.17, 15) is 4.79 Å². The quantitative estimate of drug-likeness (QED) is 0.693. The van der Waals surface area contributed by atoms with Crippen LogP contribution in [0.2, 0.25) is 0 Å². The maximum Gasteiger partial charge on any atom is 0.337 e. The first-order valence-corrected chi connectivity index (χ1v) is 4.16. The molecule has 0 amide bonds. The lowest BCUT2D eigenvalue weighted by molar-refractivity contribution is 0.0696. The average Bonchev–Trinajstić information content (AvgIpc) is 2.06. The van der Waals surface area contributed by atoms with Crippen LogP contribution in [0, 0.1) is 0 Å². The van der Waals surface area contributed by atoms with Gasteiger partial charge in [0, 0.05) is 11.9 Å². The number of rotatable bonds is 3. The standard InChI is InChI=1S/C8H9NO2S/c10-8(11)6-1-2-7(3-4-12)9-5-6/h1-2,5,12H,3-4H2,(H,10,11). The maximum absolute atomic E-state index is 10.4. The van der Waals surface area contributed by atoms with Crippen LogP contribution in [0.25, 0.3) is 0 Å². The molecule has 0 aliphatic heterocycles. The molecular formula is C8H9NO2S. The van der Waals surface area contributed by atoms with Gasteiger partial charge >= 0.3 is 5.97 Å². The third-order valence-corrected chi connectivity index (χ3v) is 1.66. The van der Waals surface area contributed by atoms with E-state index < -0.39 is 5.97 Å². The molecule has 0 aliphatic carbocycles. The van der Waals surface area contributed by atoms with Gasteiger partial charge in [0.2, 0.25) is 0 Å². The van der Waals surface area contributed by atoms with Gasteiger partial charge < -0.3 is 5.11 Å². The fourth-order valence-corrected chi connectivity index (χ4v) is 1.04. The first-order valence-electron chi connectivity index (χ1n) is 3.53. The van der Waals surface area contributed by atoms with Crippen molar-refractivity contribution in [2.24, 2.45) is 0 Å². The molecule has 3 nitrogen and oxygen atoms in total. The molecule has 1 N–H and O–H groups in total. The summed E-state index contributed by atoms with van der Waals surface area (Å²) >= 11 is 4.04. The minimum absolute atomic E-state index is 0.220. The largest absolute Gasteiger partial charge is 0.478 e. The summed E-state index contributed by atoms with van der Waals surface area (Å²) in [6.07, 6.45) is 2.13. The topological polar surface area (TPSA) is 50.2 Å². The van der Waals surface area contributed by atoms with Crippen molar-refractivity contribution in [1.29, 1.82) is 0 Å². The summed E-state index contributed by atoms with van der Waals surface area (Å²) < 4.78 is 0. The Labute approximate surface area is 75.9 Å². The molecule has 0 bridgehead atoms. The van der Waals surface area contributed by atoms with Crippen LogP contribution in [0.4, 0.5) is 0 Å². The summed E-state index contributed by atoms with van der Waals surface area (Å²) in [5.41, 5.74) is 1.09. The van der Waals surface area contributed by atoms with Crippen LogP contribution in [0.3, 0.4) is 0 Å². The minimum atomic E-state index is -0.945. The van der Waals surface area contributed by atoms with E-state index >= 15 is 0 Å². The number of carboxylic acids is 1. The number of aromatic carboxylic acids is 1. The first kappa shape index (κ1) is 9.06. The van der Waals surface area contributed by atoms with Crippen molar-refractivity contribution in [3.8, 4) is 0 Å². The number of carbonyl (C=O) groups is 1. The number of hydrogen-bond acceptors (Lipinski definition) is 3. The zero-order valence-electron chi connectivity index (χ0n) is 6.40. The molecule has 1 rings (SSSR count). The molecule has 1 aromatic heterocycles. The van der Waals surface area contributed by atoms with Gasteiger partial charge in [-0.25, -0.2) is 4.79 Å². The second kappa shape index (κ2) is 4.11. The van der Waals surface area contributed by atoms with Gasteiger partial charge in [-0.3, -0.25) is 4.98 Å². The van der Waals surface area contributed by atoms with Crippen LogP contribution >= 0.6 is 12.6 Å². The van der Waals surface area contributed by atoms with Crippen molar-refractivity contribution in [1.82, 2.24) is 4.98 Å². The molecule has 0 saturated carbocycles. The second-order valence-corrected chi connectivity index (χ2v) is 2.76. The molecule has 0 radical (unpaired) electrons. The Morgan fingerprint density at radius 3 is 2.75 bits per heavy atom. The van der Waals surface area contributed by atoms with Crippen molar-refractivity contribution in [2.45, 2.75) is 6.42 Å². The fraction of sp³-hybridized carbons (Fsp3) is 0.250. The van der Waals surface area contributed by atoms with Gasteiger partial charge in [0.25, 0.3) is 0 Å². The zero-order valence-corrected chi connectivity index (χ0v) is 7.29. The van der Waals surface area contributed by atoms with Gasteiger partial charge in [0.15, 0.2) is 0 Å². The van der Waals surface area contributed by atoms with Crippen LogP contribution in [0.15, 0.2) is 18.3 Å².